The number of carboxylic acid groups (broad SMARTS) is 1. The zero-order valence-corrected chi connectivity index (χ0v) is 14.0. The summed E-state index contributed by atoms with van der Waals surface area (Å²) in [6.07, 6.45) is 1.26. The van der Waals surface area contributed by atoms with Gasteiger partial charge in [-0.25, -0.2) is 0 Å². The molecule has 2 rings (SSSR count). The molecule has 0 radical (unpaired) electrons. The first-order valence-electron chi connectivity index (χ1n) is 6.98. The summed E-state index contributed by atoms with van der Waals surface area (Å²) in [5, 5.41) is 8.63. The minimum Gasteiger partial charge on any atom is -0.484 e. The molecule has 1 N–H and O–H groups in total. The van der Waals surface area contributed by atoms with E-state index < -0.39 is 5.97 Å². The summed E-state index contributed by atoms with van der Waals surface area (Å²) in [7, 11) is 1.44. The monoisotopic (exact) mass is 341 g/mol. The first kappa shape index (κ1) is 17.0. The first-order valence-corrected chi connectivity index (χ1v) is 9.08. The molecular formula is C15H19NO4S2. The number of carboxylic acids is 1. The van der Waals surface area contributed by atoms with Crippen LogP contribution in [-0.4, -0.2) is 53.6 Å². The summed E-state index contributed by atoms with van der Waals surface area (Å²) < 4.78 is 5.89. The van der Waals surface area contributed by atoms with Gasteiger partial charge in [0.25, 0.3) is 5.91 Å². The van der Waals surface area contributed by atoms with Crippen molar-refractivity contribution in [2.45, 2.75) is 11.0 Å². The Hall–Kier alpha value is -1.34. The number of ether oxygens (including phenoxy) is 1. The maximum absolute atomic E-state index is 11.7. The highest BCUT2D eigenvalue weighted by molar-refractivity contribution is 8.16. The standard InChI is InChI=1S/C15H19NO4S2/c1-16(9-14(18)19)13(17)10-20-12-5-3-11(4-6-12)15-21-7-2-8-22-15/h3-6,15H,2,7-10H2,1H3,(H,18,19). The molecule has 1 fully saturated rings. The number of hydrogen-bond acceptors (Lipinski definition) is 5. The van der Waals surface area contributed by atoms with Gasteiger partial charge >= 0.3 is 5.97 Å². The fraction of sp³-hybridized carbons (Fsp3) is 0.467. The number of amides is 1. The summed E-state index contributed by atoms with van der Waals surface area (Å²) in [4.78, 5) is 23.4. The average molecular weight is 341 g/mol. The molecule has 1 aromatic carbocycles. The maximum Gasteiger partial charge on any atom is 0.323 e. The third-order valence-corrected chi connectivity index (χ3v) is 6.15. The van der Waals surface area contributed by atoms with E-state index in [0.29, 0.717) is 10.3 Å². The lowest BCUT2D eigenvalue weighted by Crippen LogP contribution is -2.35. The summed E-state index contributed by atoms with van der Waals surface area (Å²) in [6.45, 7) is -0.479. The number of carbonyl (C=O) groups is 2. The lowest BCUT2D eigenvalue weighted by molar-refractivity contribution is -0.144. The molecule has 1 amide bonds. The van der Waals surface area contributed by atoms with E-state index in [1.807, 2.05) is 47.8 Å². The van der Waals surface area contributed by atoms with E-state index in [-0.39, 0.29) is 19.1 Å². The number of carbonyl (C=O) groups excluding carboxylic acids is 1. The molecule has 0 bridgehead atoms. The predicted octanol–water partition coefficient (Wildman–Crippen LogP) is 2.48. The molecule has 0 aliphatic carbocycles. The molecule has 7 heteroatoms. The highest BCUT2D eigenvalue weighted by atomic mass is 32.2. The van der Waals surface area contributed by atoms with E-state index in [1.54, 1.807) is 0 Å². The van der Waals surface area contributed by atoms with E-state index >= 15 is 0 Å². The van der Waals surface area contributed by atoms with Gasteiger partial charge in [-0.3, -0.25) is 9.59 Å². The van der Waals surface area contributed by atoms with Gasteiger partial charge in [-0.1, -0.05) is 12.1 Å². The van der Waals surface area contributed by atoms with Gasteiger partial charge in [0.05, 0.1) is 4.58 Å². The molecule has 5 nitrogen and oxygen atoms in total. The van der Waals surface area contributed by atoms with Crippen LogP contribution in [0.2, 0.25) is 0 Å². The van der Waals surface area contributed by atoms with Gasteiger partial charge in [-0.15, -0.1) is 23.5 Å². The van der Waals surface area contributed by atoms with Crippen molar-refractivity contribution < 1.29 is 19.4 Å². The quantitative estimate of drug-likeness (QED) is 0.857. The van der Waals surface area contributed by atoms with Crippen molar-refractivity contribution in [3.05, 3.63) is 29.8 Å². The number of hydrogen-bond donors (Lipinski definition) is 1. The molecule has 1 saturated heterocycles. The second-order valence-corrected chi connectivity index (χ2v) is 7.65. The lowest BCUT2D eigenvalue weighted by atomic mass is 10.2. The van der Waals surface area contributed by atoms with Crippen molar-refractivity contribution in [2.24, 2.45) is 0 Å². The number of thioether (sulfide) groups is 2. The lowest BCUT2D eigenvalue weighted by Gasteiger charge is -2.21. The Kier molecular flexibility index (Phi) is 6.45. The van der Waals surface area contributed by atoms with Crippen LogP contribution in [0.3, 0.4) is 0 Å². The zero-order valence-electron chi connectivity index (χ0n) is 12.4. The molecule has 0 saturated carbocycles. The predicted molar refractivity (Wildman–Crippen MR) is 89.5 cm³/mol. The number of aliphatic carboxylic acids is 1. The van der Waals surface area contributed by atoms with Crippen LogP contribution in [-0.2, 0) is 9.59 Å². The van der Waals surface area contributed by atoms with Gasteiger partial charge in [0.15, 0.2) is 6.61 Å². The van der Waals surface area contributed by atoms with Crippen molar-refractivity contribution in [1.82, 2.24) is 4.90 Å². The molecular weight excluding hydrogens is 322 g/mol. The minimum atomic E-state index is -1.04. The van der Waals surface area contributed by atoms with E-state index in [0.717, 1.165) is 4.90 Å². The topological polar surface area (TPSA) is 66.8 Å². The number of rotatable bonds is 6. The van der Waals surface area contributed by atoms with Crippen LogP contribution >= 0.6 is 23.5 Å². The molecule has 22 heavy (non-hydrogen) atoms. The summed E-state index contributed by atoms with van der Waals surface area (Å²) in [6, 6.07) is 7.76. The number of likely N-dealkylation sites (N-methyl/N-ethyl adjacent to an activating group) is 1. The molecule has 1 aliphatic heterocycles. The Bertz CT molecular complexity index is 515. The van der Waals surface area contributed by atoms with Crippen LogP contribution in [0.15, 0.2) is 24.3 Å². The molecule has 0 aromatic heterocycles. The molecule has 0 unspecified atom stereocenters. The number of benzene rings is 1. The van der Waals surface area contributed by atoms with E-state index in [9.17, 15) is 9.59 Å². The van der Waals surface area contributed by atoms with Crippen molar-refractivity contribution in [2.75, 3.05) is 31.7 Å². The fourth-order valence-electron chi connectivity index (χ4n) is 1.95. The van der Waals surface area contributed by atoms with Crippen molar-refractivity contribution in [3.63, 3.8) is 0 Å². The molecule has 1 aliphatic rings. The van der Waals surface area contributed by atoms with Crippen LogP contribution in [0.5, 0.6) is 5.75 Å². The van der Waals surface area contributed by atoms with E-state index in [1.165, 1.54) is 30.5 Å². The SMILES string of the molecule is CN(CC(=O)O)C(=O)COc1ccc(C2SCCCS2)cc1. The van der Waals surface area contributed by atoms with Gasteiger partial charge in [0.1, 0.15) is 12.3 Å². The van der Waals surface area contributed by atoms with Crippen molar-refractivity contribution >= 4 is 35.4 Å². The smallest absolute Gasteiger partial charge is 0.323 e. The Morgan fingerprint density at radius 2 is 1.91 bits per heavy atom. The first-order chi connectivity index (χ1) is 10.6. The van der Waals surface area contributed by atoms with Crippen molar-refractivity contribution in [3.8, 4) is 5.75 Å². The summed E-state index contributed by atoms with van der Waals surface area (Å²) in [5.41, 5.74) is 1.26. The third-order valence-electron chi connectivity index (χ3n) is 3.14. The van der Waals surface area contributed by atoms with Gasteiger partial charge in [0, 0.05) is 7.05 Å². The molecule has 0 atom stereocenters. The highest BCUT2D eigenvalue weighted by Gasteiger charge is 2.17. The Labute approximate surface area is 138 Å². The van der Waals surface area contributed by atoms with E-state index in [4.69, 9.17) is 9.84 Å². The van der Waals surface area contributed by atoms with Gasteiger partial charge in [0.2, 0.25) is 0 Å². The van der Waals surface area contributed by atoms with E-state index in [2.05, 4.69) is 0 Å². The largest absolute Gasteiger partial charge is 0.484 e. The maximum atomic E-state index is 11.7. The van der Waals surface area contributed by atoms with Crippen molar-refractivity contribution in [1.29, 1.82) is 0 Å². The third kappa shape index (κ3) is 5.14. The zero-order chi connectivity index (χ0) is 15.9. The summed E-state index contributed by atoms with van der Waals surface area (Å²) in [5.74, 6) is 1.61. The van der Waals surface area contributed by atoms with Gasteiger partial charge < -0.3 is 14.7 Å². The fourth-order valence-corrected chi connectivity index (χ4v) is 4.84. The minimum absolute atomic E-state index is 0.157. The molecule has 1 aromatic rings. The average Bonchev–Trinajstić information content (AvgIpc) is 2.53. The Balaban J connectivity index is 1.83. The van der Waals surface area contributed by atoms with Crippen LogP contribution < -0.4 is 4.74 Å². The van der Waals surface area contributed by atoms with Crippen LogP contribution in [0.4, 0.5) is 0 Å². The molecule has 0 spiro atoms. The Morgan fingerprint density at radius 1 is 1.27 bits per heavy atom. The van der Waals surface area contributed by atoms with Gasteiger partial charge in [-0.05, 0) is 35.6 Å². The summed E-state index contributed by atoms with van der Waals surface area (Å²) >= 11 is 3.91. The second kappa shape index (κ2) is 8.33. The Morgan fingerprint density at radius 3 is 2.50 bits per heavy atom. The second-order valence-electron chi connectivity index (χ2n) is 4.93. The molecule has 1 heterocycles. The van der Waals surface area contributed by atoms with Gasteiger partial charge in [-0.2, -0.15) is 0 Å². The normalized spacial score (nSPS) is 15.3. The number of nitrogens with zero attached hydrogens (tertiary/aromatic N) is 1. The van der Waals surface area contributed by atoms with Crippen LogP contribution in [0.25, 0.3) is 0 Å². The van der Waals surface area contributed by atoms with Crippen LogP contribution in [0.1, 0.15) is 16.6 Å². The molecule has 120 valence electrons. The highest BCUT2D eigenvalue weighted by Crippen LogP contribution is 2.43. The van der Waals surface area contributed by atoms with Crippen LogP contribution in [0, 0.1) is 0 Å².